The molecule has 0 aromatic heterocycles. The summed E-state index contributed by atoms with van der Waals surface area (Å²) in [6.45, 7) is 0. The van der Waals surface area contributed by atoms with Gasteiger partial charge >= 0.3 is 27.1 Å². The van der Waals surface area contributed by atoms with Crippen LogP contribution in [0, 0.1) is 39.9 Å². The van der Waals surface area contributed by atoms with Crippen molar-refractivity contribution in [1.29, 1.82) is 0 Å². The predicted octanol–water partition coefficient (Wildman–Crippen LogP) is -3.24. The third kappa shape index (κ3) is 39.1. The van der Waals surface area contributed by atoms with Crippen LogP contribution in [-0.2, 0) is 0 Å². The first-order valence-electron chi connectivity index (χ1n) is 0.775. The molecule has 0 fully saturated rings. The van der Waals surface area contributed by atoms with Crippen molar-refractivity contribution in [2.45, 2.75) is 0 Å². The first-order chi connectivity index (χ1) is 1.73. The summed E-state index contributed by atoms with van der Waals surface area (Å²) in [5.74, 6) is 0. The molecule has 0 aromatic carbocycles. The maximum Gasteiger partial charge on any atom is 0 e. The fourth-order valence-corrected chi connectivity index (χ4v) is 0. The van der Waals surface area contributed by atoms with Gasteiger partial charge in [0.05, 0.1) is 0 Å². The Hall–Kier alpha value is 1.91. The normalized spacial score (nSPS) is 4.50. The van der Waals surface area contributed by atoms with Crippen molar-refractivity contribution >= 4 is 27.1 Å². The molecular weight excluding hydrogens is 286 g/mol. The summed E-state index contributed by atoms with van der Waals surface area (Å²) < 4.78 is 0. The van der Waals surface area contributed by atoms with E-state index in [4.69, 9.17) is 15.1 Å². The molecule has 0 aliphatic heterocycles. The molecule has 0 heterocycles. The van der Waals surface area contributed by atoms with Gasteiger partial charge in [0.15, 0.2) is 0 Å². The number of rotatable bonds is 0. The molecule has 0 atom stereocenters. The summed E-state index contributed by atoms with van der Waals surface area (Å²) in [7, 11) is -2.17. The molecule has 0 bridgehead atoms. The number of hydrogen-bond acceptors (Lipinski definition) is 3. The van der Waals surface area contributed by atoms with E-state index in [0.29, 0.717) is 0 Å². The van der Waals surface area contributed by atoms with Crippen LogP contribution >= 0.6 is 0 Å². The summed E-state index contributed by atoms with van der Waals surface area (Å²) in [4.78, 5) is 0. The van der Waals surface area contributed by atoms with Crippen molar-refractivity contribution in [3.05, 3.63) is 0 Å². The maximum absolute atomic E-state index is 7.17. The summed E-state index contributed by atoms with van der Waals surface area (Å²) in [6, 6.07) is 0. The molecule has 6 heteroatoms. The van der Waals surface area contributed by atoms with Crippen LogP contribution in [0.1, 0.15) is 0 Å². The fraction of sp³-hybridized carbons (Fsp3) is 0. The Kier molecular flexibility index (Phi) is 26.1. The van der Waals surface area contributed by atoms with Crippen molar-refractivity contribution in [1.82, 2.24) is 0 Å². The molecule has 0 spiro atoms. The van der Waals surface area contributed by atoms with Gasteiger partial charge in [0, 0.05) is 39.9 Å². The van der Waals surface area contributed by atoms with E-state index in [1.807, 2.05) is 0 Å². The van der Waals surface area contributed by atoms with E-state index in [1.54, 1.807) is 0 Å². The van der Waals surface area contributed by atoms with Gasteiger partial charge in [0.1, 0.15) is 0 Å². The second-order valence-electron chi connectivity index (χ2n) is 0.346. The second-order valence-corrected chi connectivity index (χ2v) is 0.346. The molecule has 3 N–H and O–H groups in total. The molecule has 0 saturated carbocycles. The molecule has 0 amide bonds. The van der Waals surface area contributed by atoms with Crippen LogP contribution in [0.25, 0.3) is 0 Å². The molecule has 3 nitrogen and oxygen atoms in total. The fourth-order valence-electron chi connectivity index (χ4n) is 0. The van der Waals surface area contributed by atoms with Crippen LogP contribution in [0.2, 0.25) is 0 Å². The van der Waals surface area contributed by atoms with Crippen molar-refractivity contribution < 1.29 is 55.0 Å². The van der Waals surface area contributed by atoms with Crippen LogP contribution in [0.15, 0.2) is 0 Å². The van der Waals surface area contributed by atoms with Crippen LogP contribution in [0.4, 0.5) is 0 Å². The van der Waals surface area contributed by atoms with Gasteiger partial charge in [-0.15, -0.1) is 0 Å². The third-order valence-electron chi connectivity index (χ3n) is 0. The minimum absolute atomic E-state index is 0. The van der Waals surface area contributed by atoms with Gasteiger partial charge in [-0.25, -0.2) is 0 Å². The van der Waals surface area contributed by atoms with Crippen LogP contribution < -0.4 is 0 Å². The maximum atomic E-state index is 7.17. The smallest absolute Gasteiger partial charge is 0 e. The van der Waals surface area contributed by atoms with E-state index in [1.165, 1.54) is 0 Å². The van der Waals surface area contributed by atoms with E-state index in [9.17, 15) is 0 Å². The van der Waals surface area contributed by atoms with Gasteiger partial charge in [-0.3, -0.25) is 0 Å². The minimum Gasteiger partial charge on any atom is 0 e. The molecule has 0 rings (SSSR count). The number of hydrogen-bond donors (Lipinski definition) is 3. The molecule has 6 heavy (non-hydrogen) atoms. The van der Waals surface area contributed by atoms with Gasteiger partial charge in [0.2, 0.25) is 0 Å². The molecule has 0 aromatic rings. The quantitative estimate of drug-likeness (QED) is 0.411. The van der Waals surface area contributed by atoms with Crippen molar-refractivity contribution in [3.63, 3.8) is 0 Å². The summed E-state index contributed by atoms with van der Waals surface area (Å²) in [6.07, 6.45) is 0. The van der Waals surface area contributed by atoms with Gasteiger partial charge in [-0.2, -0.15) is 0 Å². The van der Waals surface area contributed by atoms with Crippen molar-refractivity contribution in [3.8, 4) is 0 Å². The average molecular weight is 292 g/mol. The Morgan fingerprint density at radius 3 is 1.00 bits per heavy atom. The largest absolute Gasteiger partial charge is 0 e. The van der Waals surface area contributed by atoms with Gasteiger partial charge in [0.25, 0.3) is 0 Å². The van der Waals surface area contributed by atoms with Crippen molar-refractivity contribution in [2.24, 2.45) is 0 Å². The first-order valence-corrected chi connectivity index (χ1v) is 0.775. The third-order valence-corrected chi connectivity index (χ3v) is 0. The van der Waals surface area contributed by atoms with Crippen LogP contribution in [-0.4, -0.2) is 42.2 Å². The molecule has 0 saturated heterocycles. The molecule has 0 unspecified atom stereocenters. The van der Waals surface area contributed by atoms with Gasteiger partial charge < -0.3 is 15.1 Å². The Morgan fingerprint density at radius 1 is 1.00 bits per heavy atom. The Labute approximate surface area is 81.0 Å². The first kappa shape index (κ1) is 15.7. The average Bonchev–Trinajstić information content (AvgIpc) is 0.811. The molecule has 0 aliphatic carbocycles. The standard InChI is InChI=1S/BH3O3.Ga.Gd.3H/c2-1(3)4;;;;;/h2-4H;;;;;. The van der Waals surface area contributed by atoms with Gasteiger partial charge in [-0.1, -0.05) is 0 Å². The van der Waals surface area contributed by atoms with Crippen molar-refractivity contribution in [2.75, 3.05) is 0 Å². The second kappa shape index (κ2) is 10.0. The summed E-state index contributed by atoms with van der Waals surface area (Å²) >= 11 is 0. The predicted molar refractivity (Wildman–Crippen MR) is 22.3 cm³/mol. The summed E-state index contributed by atoms with van der Waals surface area (Å²) in [5, 5.41) is 21.5. The monoisotopic (exact) mass is 292 g/mol. The Balaban J connectivity index is -0.0000000450. The van der Waals surface area contributed by atoms with E-state index in [2.05, 4.69) is 0 Å². The zero-order valence-electron chi connectivity index (χ0n) is 2.27. The van der Waals surface area contributed by atoms with E-state index in [-0.39, 0.29) is 59.7 Å². The summed E-state index contributed by atoms with van der Waals surface area (Å²) in [5.41, 5.74) is 0. The Morgan fingerprint density at radius 2 is 1.00 bits per heavy atom. The van der Waals surface area contributed by atoms with E-state index in [0.717, 1.165) is 0 Å². The van der Waals surface area contributed by atoms with E-state index < -0.39 is 7.32 Å². The topological polar surface area (TPSA) is 60.7 Å². The Bertz CT molecular complexity index is 15.5. The van der Waals surface area contributed by atoms with Crippen LogP contribution in [0.3, 0.4) is 0 Å². The minimum atomic E-state index is -2.17. The zero-order valence-corrected chi connectivity index (χ0v) is 4.54. The SMILES string of the molecule is OB(O)O.[GaH3].[Gd]. The molecule has 0 radical (unpaired) electrons. The van der Waals surface area contributed by atoms with E-state index >= 15 is 0 Å². The van der Waals surface area contributed by atoms with Gasteiger partial charge in [-0.05, 0) is 0 Å². The van der Waals surface area contributed by atoms with Crippen LogP contribution in [0.5, 0.6) is 0 Å². The molecule has 0 aliphatic rings. The zero-order chi connectivity index (χ0) is 3.58. The molecular formula is H6BGaGdO3. The molecule has 38 valence electrons.